The van der Waals surface area contributed by atoms with Gasteiger partial charge in [0.25, 0.3) is 0 Å². The summed E-state index contributed by atoms with van der Waals surface area (Å²) >= 11 is 0. The van der Waals surface area contributed by atoms with E-state index in [9.17, 15) is 9.90 Å². The normalized spacial score (nSPS) is 51.6. The lowest BCUT2D eigenvalue weighted by atomic mass is 9.76. The third-order valence-electron chi connectivity index (χ3n) is 5.53. The maximum atomic E-state index is 11.7. The Labute approximate surface area is 108 Å². The Bertz CT molecular complexity index is 399. The van der Waals surface area contributed by atoms with E-state index in [-0.39, 0.29) is 23.9 Å². The third-order valence-corrected chi connectivity index (χ3v) is 5.53. The molecule has 2 aliphatic carbocycles. The summed E-state index contributed by atoms with van der Waals surface area (Å²) in [5.41, 5.74) is -0.0765. The van der Waals surface area contributed by atoms with E-state index in [2.05, 4.69) is 13.5 Å². The second kappa shape index (κ2) is 3.83. The molecule has 18 heavy (non-hydrogen) atoms. The molecule has 2 saturated carbocycles. The second-order valence-corrected chi connectivity index (χ2v) is 6.64. The summed E-state index contributed by atoms with van der Waals surface area (Å²) in [7, 11) is 0. The van der Waals surface area contributed by atoms with Crippen molar-refractivity contribution in [1.29, 1.82) is 0 Å². The number of rotatable bonds is 0. The Balaban J connectivity index is 1.99. The Morgan fingerprint density at radius 1 is 1.39 bits per heavy atom. The molecule has 1 heterocycles. The van der Waals surface area contributed by atoms with Crippen molar-refractivity contribution in [2.75, 3.05) is 0 Å². The quantitative estimate of drug-likeness (QED) is 0.530. The van der Waals surface area contributed by atoms with Gasteiger partial charge in [-0.1, -0.05) is 13.5 Å². The maximum absolute atomic E-state index is 11.7. The van der Waals surface area contributed by atoms with Gasteiger partial charge >= 0.3 is 5.97 Å². The number of carbonyl (C=O) groups excluding carboxylic acids is 1. The zero-order valence-electron chi connectivity index (χ0n) is 11.2. The lowest BCUT2D eigenvalue weighted by molar-refractivity contribution is -0.147. The highest BCUT2D eigenvalue weighted by Gasteiger charge is 2.57. The van der Waals surface area contributed by atoms with Gasteiger partial charge in [0.15, 0.2) is 0 Å². The van der Waals surface area contributed by atoms with Crippen LogP contribution >= 0.6 is 0 Å². The van der Waals surface area contributed by atoms with Gasteiger partial charge in [-0.3, -0.25) is 0 Å². The van der Waals surface area contributed by atoms with E-state index < -0.39 is 5.60 Å². The van der Waals surface area contributed by atoms with Gasteiger partial charge in [0.05, 0.1) is 5.60 Å². The van der Waals surface area contributed by atoms with Gasteiger partial charge in [-0.25, -0.2) is 4.79 Å². The minimum Gasteiger partial charge on any atom is -0.458 e. The molecule has 0 aromatic carbocycles. The first-order valence-corrected chi connectivity index (χ1v) is 7.04. The molecule has 3 rings (SSSR count). The van der Waals surface area contributed by atoms with E-state index in [0.717, 1.165) is 25.7 Å². The molecule has 100 valence electrons. The first-order chi connectivity index (χ1) is 8.42. The molecular weight excluding hydrogens is 228 g/mol. The highest BCUT2D eigenvalue weighted by molar-refractivity contribution is 5.90. The SMILES string of the molecule is C=C1C(=O)O[C@@H]2[C@@H]3[C@@H](CC[C@@]3(C)O)C(C)CC[C@@H]12. The van der Waals surface area contributed by atoms with Crippen molar-refractivity contribution in [3.8, 4) is 0 Å². The monoisotopic (exact) mass is 250 g/mol. The molecule has 1 N–H and O–H groups in total. The molecule has 0 radical (unpaired) electrons. The van der Waals surface area contributed by atoms with Gasteiger partial charge in [-0.15, -0.1) is 0 Å². The molecule has 1 unspecified atom stereocenters. The van der Waals surface area contributed by atoms with Gasteiger partial charge in [0.2, 0.25) is 0 Å². The predicted molar refractivity (Wildman–Crippen MR) is 67.7 cm³/mol. The molecule has 0 spiro atoms. The van der Waals surface area contributed by atoms with Crippen molar-refractivity contribution in [2.24, 2.45) is 23.7 Å². The Hall–Kier alpha value is -0.830. The van der Waals surface area contributed by atoms with E-state index in [4.69, 9.17) is 4.74 Å². The van der Waals surface area contributed by atoms with Crippen molar-refractivity contribution in [3.63, 3.8) is 0 Å². The Morgan fingerprint density at radius 3 is 2.83 bits per heavy atom. The van der Waals surface area contributed by atoms with Crippen LogP contribution in [0.2, 0.25) is 0 Å². The van der Waals surface area contributed by atoms with Gasteiger partial charge in [0, 0.05) is 17.4 Å². The summed E-state index contributed by atoms with van der Waals surface area (Å²) in [6.07, 6.45) is 3.80. The van der Waals surface area contributed by atoms with Crippen molar-refractivity contribution in [2.45, 2.75) is 51.2 Å². The Kier molecular flexibility index (Phi) is 2.60. The number of aliphatic hydroxyl groups is 1. The topological polar surface area (TPSA) is 46.5 Å². The van der Waals surface area contributed by atoms with E-state index in [1.54, 1.807) is 0 Å². The molecule has 1 aliphatic heterocycles. The highest BCUT2D eigenvalue weighted by atomic mass is 16.6. The first kappa shape index (κ1) is 12.2. The number of ether oxygens (including phenoxy) is 1. The molecule has 3 heteroatoms. The molecule has 0 bridgehead atoms. The van der Waals surface area contributed by atoms with Crippen LogP contribution in [0.3, 0.4) is 0 Å². The standard InChI is InChI=1S/C15H22O3/c1-8-4-5-11-9(2)14(16)18-13(11)12-10(8)6-7-15(12,3)17/h8,10-13,17H,2,4-7H2,1,3H3/t8?,10-,11-,12-,13-,15+/m0/s1. The Morgan fingerprint density at radius 2 is 2.11 bits per heavy atom. The molecule has 3 nitrogen and oxygen atoms in total. The zero-order valence-corrected chi connectivity index (χ0v) is 11.2. The van der Waals surface area contributed by atoms with Crippen LogP contribution in [-0.4, -0.2) is 22.8 Å². The minimum absolute atomic E-state index is 0.0863. The fourth-order valence-electron chi connectivity index (χ4n) is 4.45. The summed E-state index contributed by atoms with van der Waals surface area (Å²) in [5.74, 6) is 1.04. The van der Waals surface area contributed by atoms with Crippen LogP contribution in [0, 0.1) is 23.7 Å². The second-order valence-electron chi connectivity index (χ2n) is 6.64. The van der Waals surface area contributed by atoms with E-state index >= 15 is 0 Å². The van der Waals surface area contributed by atoms with Crippen LogP contribution in [0.1, 0.15) is 39.5 Å². The summed E-state index contributed by atoms with van der Waals surface area (Å²) in [5, 5.41) is 10.6. The minimum atomic E-state index is -0.697. The van der Waals surface area contributed by atoms with Crippen LogP contribution in [0.4, 0.5) is 0 Å². The number of carbonyl (C=O) groups is 1. The predicted octanol–water partition coefficient (Wildman–Crippen LogP) is 2.29. The van der Waals surface area contributed by atoms with Crippen LogP contribution < -0.4 is 0 Å². The number of fused-ring (bicyclic) bond motifs is 3. The number of esters is 1. The van der Waals surface area contributed by atoms with Crippen LogP contribution in [0.25, 0.3) is 0 Å². The van der Waals surface area contributed by atoms with Crippen molar-refractivity contribution < 1.29 is 14.6 Å². The molecule has 0 aromatic rings. The van der Waals surface area contributed by atoms with Gasteiger partial charge in [0.1, 0.15) is 6.10 Å². The van der Waals surface area contributed by atoms with Crippen LogP contribution in [0.15, 0.2) is 12.2 Å². The zero-order chi connectivity index (χ0) is 13.1. The van der Waals surface area contributed by atoms with Crippen LogP contribution in [0.5, 0.6) is 0 Å². The van der Waals surface area contributed by atoms with E-state index in [0.29, 0.717) is 17.4 Å². The largest absolute Gasteiger partial charge is 0.458 e. The summed E-state index contributed by atoms with van der Waals surface area (Å²) in [4.78, 5) is 11.7. The summed E-state index contributed by atoms with van der Waals surface area (Å²) < 4.78 is 5.56. The fourth-order valence-corrected chi connectivity index (χ4v) is 4.45. The molecule has 0 amide bonds. The molecule has 0 aromatic heterocycles. The number of hydrogen-bond donors (Lipinski definition) is 1. The molecular formula is C15H22O3. The lowest BCUT2D eigenvalue weighted by Gasteiger charge is -2.35. The summed E-state index contributed by atoms with van der Waals surface area (Å²) in [6, 6.07) is 0. The highest BCUT2D eigenvalue weighted by Crippen LogP contribution is 2.54. The van der Waals surface area contributed by atoms with Crippen molar-refractivity contribution in [1.82, 2.24) is 0 Å². The van der Waals surface area contributed by atoms with Crippen molar-refractivity contribution in [3.05, 3.63) is 12.2 Å². The fraction of sp³-hybridized carbons (Fsp3) is 0.800. The molecule has 3 fully saturated rings. The third kappa shape index (κ3) is 1.56. The average Bonchev–Trinajstić information content (AvgIpc) is 2.69. The van der Waals surface area contributed by atoms with Gasteiger partial charge in [-0.2, -0.15) is 0 Å². The maximum Gasteiger partial charge on any atom is 0.334 e. The van der Waals surface area contributed by atoms with E-state index in [1.807, 2.05) is 6.92 Å². The molecule has 6 atom stereocenters. The molecule has 3 aliphatic rings. The average molecular weight is 250 g/mol. The first-order valence-electron chi connectivity index (χ1n) is 7.04. The smallest absolute Gasteiger partial charge is 0.334 e. The number of hydrogen-bond acceptors (Lipinski definition) is 3. The lowest BCUT2D eigenvalue weighted by Crippen LogP contribution is -2.42. The van der Waals surface area contributed by atoms with Gasteiger partial charge < -0.3 is 9.84 Å². The van der Waals surface area contributed by atoms with E-state index in [1.165, 1.54) is 0 Å². The molecule has 1 saturated heterocycles. The summed E-state index contributed by atoms with van der Waals surface area (Å²) in [6.45, 7) is 8.07. The van der Waals surface area contributed by atoms with Gasteiger partial charge in [-0.05, 0) is 44.4 Å². The van der Waals surface area contributed by atoms with Crippen LogP contribution in [-0.2, 0) is 9.53 Å². The van der Waals surface area contributed by atoms with Crippen molar-refractivity contribution >= 4 is 5.97 Å².